The normalized spacial score (nSPS) is 14.2. The lowest BCUT2D eigenvalue weighted by atomic mass is 10.1. The molecule has 1 aromatic rings. The van der Waals surface area contributed by atoms with Crippen molar-refractivity contribution in [1.82, 2.24) is 0 Å². The Kier molecular flexibility index (Phi) is 2.91. The Balaban J connectivity index is 3.02. The third kappa shape index (κ3) is 2.66. The van der Waals surface area contributed by atoms with Gasteiger partial charge in [-0.25, -0.2) is 0 Å². The Morgan fingerprint density at radius 2 is 2.00 bits per heavy atom. The van der Waals surface area contributed by atoms with Crippen LogP contribution in [0.4, 0.5) is 0 Å². The van der Waals surface area contributed by atoms with Crippen LogP contribution >= 0.6 is 7.60 Å². The summed E-state index contributed by atoms with van der Waals surface area (Å²) in [6, 6.07) is 7.23. The smallest absolute Gasteiger partial charge is 0.324 e. The summed E-state index contributed by atoms with van der Waals surface area (Å²) in [5.41, 5.74) is 0.985. The lowest BCUT2D eigenvalue weighted by Crippen LogP contribution is -1.94. The molecule has 4 heteroatoms. The van der Waals surface area contributed by atoms with E-state index < -0.39 is 13.3 Å². The number of benzene rings is 1. The zero-order valence-corrected chi connectivity index (χ0v) is 8.53. The van der Waals surface area contributed by atoms with Gasteiger partial charge in [0.25, 0.3) is 0 Å². The molecule has 0 spiro atoms. The fraction of sp³-hybridized carbons (Fsp3) is 0.333. The molecule has 0 saturated carbocycles. The summed E-state index contributed by atoms with van der Waals surface area (Å²) in [4.78, 5) is 17.9. The van der Waals surface area contributed by atoms with Crippen LogP contribution in [0.2, 0.25) is 0 Å². The summed E-state index contributed by atoms with van der Waals surface area (Å²) < 4.78 is 10.9. The second-order valence-electron chi connectivity index (χ2n) is 3.18. The molecular formula is C9H13O3P. The fourth-order valence-electron chi connectivity index (χ4n) is 1.12. The van der Waals surface area contributed by atoms with E-state index in [1.165, 1.54) is 6.92 Å². The van der Waals surface area contributed by atoms with Crippen molar-refractivity contribution in [3.63, 3.8) is 0 Å². The van der Waals surface area contributed by atoms with Gasteiger partial charge >= 0.3 is 7.60 Å². The van der Waals surface area contributed by atoms with E-state index in [9.17, 15) is 4.57 Å². The Labute approximate surface area is 77.6 Å². The first-order valence-electron chi connectivity index (χ1n) is 4.03. The van der Waals surface area contributed by atoms with Gasteiger partial charge in [0.2, 0.25) is 0 Å². The summed E-state index contributed by atoms with van der Waals surface area (Å²) in [6.07, 6.45) is 0. The molecule has 0 aliphatic heterocycles. The summed E-state index contributed by atoms with van der Waals surface area (Å²) >= 11 is 0. The molecule has 13 heavy (non-hydrogen) atoms. The monoisotopic (exact) mass is 200 g/mol. The van der Waals surface area contributed by atoms with Crippen molar-refractivity contribution in [3.05, 3.63) is 35.4 Å². The molecular weight excluding hydrogens is 187 g/mol. The van der Waals surface area contributed by atoms with Crippen LogP contribution in [0.15, 0.2) is 24.3 Å². The van der Waals surface area contributed by atoms with Crippen molar-refractivity contribution < 1.29 is 14.4 Å². The molecule has 0 fully saturated rings. The molecule has 0 aliphatic carbocycles. The average molecular weight is 200 g/mol. The minimum Gasteiger partial charge on any atom is -0.324 e. The van der Waals surface area contributed by atoms with Crippen LogP contribution in [-0.4, -0.2) is 9.79 Å². The summed E-state index contributed by atoms with van der Waals surface area (Å²) in [7, 11) is -4.00. The Morgan fingerprint density at radius 1 is 1.38 bits per heavy atom. The van der Waals surface area contributed by atoms with Gasteiger partial charge in [-0.2, -0.15) is 0 Å². The van der Waals surface area contributed by atoms with Crippen LogP contribution in [-0.2, 0) is 4.57 Å². The van der Waals surface area contributed by atoms with Gasteiger partial charge in [-0.1, -0.05) is 29.8 Å². The molecule has 72 valence electrons. The highest BCUT2D eigenvalue weighted by Gasteiger charge is 2.25. The van der Waals surface area contributed by atoms with Crippen molar-refractivity contribution >= 4 is 7.60 Å². The molecule has 0 heterocycles. The van der Waals surface area contributed by atoms with Crippen LogP contribution in [0.5, 0.6) is 0 Å². The van der Waals surface area contributed by atoms with Crippen LogP contribution in [0, 0.1) is 6.92 Å². The van der Waals surface area contributed by atoms with Gasteiger partial charge in [0.15, 0.2) is 0 Å². The van der Waals surface area contributed by atoms with E-state index in [-0.39, 0.29) is 0 Å². The van der Waals surface area contributed by atoms with E-state index in [1.54, 1.807) is 18.2 Å². The van der Waals surface area contributed by atoms with Crippen molar-refractivity contribution in [2.24, 2.45) is 0 Å². The van der Waals surface area contributed by atoms with Gasteiger partial charge in [-0.15, -0.1) is 0 Å². The molecule has 0 radical (unpaired) electrons. The second-order valence-corrected chi connectivity index (χ2v) is 5.13. The third-order valence-corrected chi connectivity index (χ3v) is 3.34. The first-order chi connectivity index (χ1) is 5.91. The SMILES string of the molecule is Cc1cccc(C(C)P(=O)(O)O)c1. The molecule has 0 amide bonds. The number of aryl methyl sites for hydroxylation is 1. The molecule has 1 rings (SSSR count). The fourth-order valence-corrected chi connectivity index (χ4v) is 1.67. The summed E-state index contributed by atoms with van der Waals surface area (Å²) in [5, 5.41) is 0. The van der Waals surface area contributed by atoms with E-state index in [1.807, 2.05) is 13.0 Å². The predicted octanol–water partition coefficient (Wildman–Crippen LogP) is 2.23. The number of hydrogen-bond donors (Lipinski definition) is 2. The molecule has 2 N–H and O–H groups in total. The minimum absolute atomic E-state index is 0.688. The number of rotatable bonds is 2. The van der Waals surface area contributed by atoms with E-state index in [0.717, 1.165) is 5.56 Å². The quantitative estimate of drug-likeness (QED) is 0.719. The maximum Gasteiger partial charge on any atom is 0.332 e. The molecule has 0 saturated heterocycles. The van der Waals surface area contributed by atoms with Gasteiger partial charge in [0.1, 0.15) is 0 Å². The molecule has 0 bridgehead atoms. The molecule has 1 unspecified atom stereocenters. The molecule has 0 aliphatic rings. The Morgan fingerprint density at radius 3 is 2.46 bits per heavy atom. The second kappa shape index (κ2) is 3.62. The highest BCUT2D eigenvalue weighted by atomic mass is 31.2. The summed E-state index contributed by atoms with van der Waals surface area (Å²) in [5.74, 6) is 0. The van der Waals surface area contributed by atoms with Crippen LogP contribution < -0.4 is 0 Å². The molecule has 3 nitrogen and oxygen atoms in total. The molecule has 1 atom stereocenters. The van der Waals surface area contributed by atoms with Crippen LogP contribution in [0.25, 0.3) is 0 Å². The topological polar surface area (TPSA) is 57.5 Å². The Hall–Kier alpha value is -0.630. The lowest BCUT2D eigenvalue weighted by molar-refractivity contribution is 0.362. The predicted molar refractivity (Wildman–Crippen MR) is 51.6 cm³/mol. The van der Waals surface area contributed by atoms with Gasteiger partial charge in [0, 0.05) is 0 Å². The highest BCUT2D eigenvalue weighted by molar-refractivity contribution is 7.52. The third-order valence-electron chi connectivity index (χ3n) is 2.03. The first kappa shape index (κ1) is 10.5. The maximum absolute atomic E-state index is 10.9. The summed E-state index contributed by atoms with van der Waals surface area (Å²) in [6.45, 7) is 3.44. The highest BCUT2D eigenvalue weighted by Crippen LogP contribution is 2.51. The molecule has 1 aromatic carbocycles. The zero-order chi connectivity index (χ0) is 10.1. The standard InChI is InChI=1S/C9H13O3P/c1-7-4-3-5-9(6-7)8(2)13(10,11)12/h3-6,8H,1-2H3,(H2,10,11,12). The minimum atomic E-state index is -4.00. The average Bonchev–Trinajstić information content (AvgIpc) is 2.01. The zero-order valence-electron chi connectivity index (χ0n) is 7.64. The van der Waals surface area contributed by atoms with Crippen molar-refractivity contribution in [3.8, 4) is 0 Å². The first-order valence-corrected chi connectivity index (χ1v) is 5.71. The van der Waals surface area contributed by atoms with Crippen molar-refractivity contribution in [2.45, 2.75) is 19.5 Å². The van der Waals surface area contributed by atoms with Crippen molar-refractivity contribution in [2.75, 3.05) is 0 Å². The van der Waals surface area contributed by atoms with Gasteiger partial charge < -0.3 is 9.79 Å². The lowest BCUT2D eigenvalue weighted by Gasteiger charge is -2.13. The molecule has 0 aromatic heterocycles. The van der Waals surface area contributed by atoms with Crippen LogP contribution in [0.3, 0.4) is 0 Å². The van der Waals surface area contributed by atoms with Crippen molar-refractivity contribution in [1.29, 1.82) is 0 Å². The largest absolute Gasteiger partial charge is 0.332 e. The van der Waals surface area contributed by atoms with Gasteiger partial charge in [-0.3, -0.25) is 4.57 Å². The maximum atomic E-state index is 10.9. The van der Waals surface area contributed by atoms with E-state index in [2.05, 4.69) is 0 Å². The van der Waals surface area contributed by atoms with E-state index in [0.29, 0.717) is 5.56 Å². The van der Waals surface area contributed by atoms with E-state index in [4.69, 9.17) is 9.79 Å². The van der Waals surface area contributed by atoms with E-state index >= 15 is 0 Å². The van der Waals surface area contributed by atoms with Crippen LogP contribution in [0.1, 0.15) is 23.7 Å². The Bertz CT molecular complexity index is 342. The van der Waals surface area contributed by atoms with Gasteiger partial charge in [-0.05, 0) is 19.4 Å². The number of hydrogen-bond acceptors (Lipinski definition) is 1. The van der Waals surface area contributed by atoms with Gasteiger partial charge in [0.05, 0.1) is 5.66 Å².